The maximum absolute atomic E-state index is 5.29. The van der Waals surface area contributed by atoms with E-state index < -0.39 is 0 Å². The molecule has 0 aliphatic heterocycles. The van der Waals surface area contributed by atoms with Gasteiger partial charge < -0.3 is 14.8 Å². The highest BCUT2D eigenvalue weighted by atomic mass is 16.5. The van der Waals surface area contributed by atoms with Crippen molar-refractivity contribution >= 4 is 0 Å². The van der Waals surface area contributed by atoms with Crippen molar-refractivity contribution in [1.29, 1.82) is 0 Å². The average Bonchev–Trinajstić information content (AvgIpc) is 2.48. The Kier molecular flexibility index (Phi) is 4.30. The summed E-state index contributed by atoms with van der Waals surface area (Å²) in [4.78, 5) is 0. The lowest BCUT2D eigenvalue weighted by Crippen LogP contribution is -2.18. The second-order valence-electron chi connectivity index (χ2n) is 4.04. The van der Waals surface area contributed by atoms with Gasteiger partial charge in [-0.1, -0.05) is 0 Å². The van der Waals surface area contributed by atoms with Gasteiger partial charge >= 0.3 is 0 Å². The zero-order valence-corrected chi connectivity index (χ0v) is 11.3. The molecule has 1 heterocycles. The van der Waals surface area contributed by atoms with Crippen molar-refractivity contribution in [2.45, 2.75) is 6.04 Å². The van der Waals surface area contributed by atoms with E-state index in [1.165, 1.54) is 0 Å². The number of aromatic nitrogens is 2. The minimum absolute atomic E-state index is 0.0134. The quantitative estimate of drug-likeness (QED) is 0.887. The van der Waals surface area contributed by atoms with Gasteiger partial charge in [-0.3, -0.25) is 0 Å². The first kappa shape index (κ1) is 13.3. The van der Waals surface area contributed by atoms with Crippen molar-refractivity contribution in [3.8, 4) is 11.5 Å². The molecule has 0 fully saturated rings. The summed E-state index contributed by atoms with van der Waals surface area (Å²) >= 11 is 0. The molecule has 0 amide bonds. The van der Waals surface area contributed by atoms with E-state index in [0.29, 0.717) is 0 Å². The van der Waals surface area contributed by atoms with Crippen molar-refractivity contribution in [3.63, 3.8) is 0 Å². The summed E-state index contributed by atoms with van der Waals surface area (Å²) in [6.45, 7) is 0. The molecule has 0 bridgehead atoms. The molecule has 2 rings (SSSR count). The summed E-state index contributed by atoms with van der Waals surface area (Å²) < 4.78 is 10.6. The van der Waals surface area contributed by atoms with Gasteiger partial charge in [0.1, 0.15) is 11.5 Å². The Hall–Kier alpha value is -2.14. The van der Waals surface area contributed by atoms with Crippen LogP contribution in [0, 0.1) is 0 Å². The summed E-state index contributed by atoms with van der Waals surface area (Å²) in [5, 5.41) is 11.0. The Morgan fingerprint density at radius 2 is 1.68 bits per heavy atom. The highest BCUT2D eigenvalue weighted by Gasteiger charge is 2.14. The molecule has 0 aliphatic rings. The number of rotatable bonds is 5. The lowest BCUT2D eigenvalue weighted by atomic mass is 10.0. The van der Waals surface area contributed by atoms with Crippen molar-refractivity contribution in [3.05, 3.63) is 47.8 Å². The van der Waals surface area contributed by atoms with E-state index in [9.17, 15) is 0 Å². The zero-order chi connectivity index (χ0) is 13.7. The van der Waals surface area contributed by atoms with Gasteiger partial charge in [-0.05, 0) is 36.4 Å². The first-order valence-electron chi connectivity index (χ1n) is 5.95. The second kappa shape index (κ2) is 6.15. The van der Waals surface area contributed by atoms with Crippen LogP contribution < -0.4 is 14.8 Å². The van der Waals surface area contributed by atoms with Crippen LogP contribution in [0.4, 0.5) is 0 Å². The molecule has 1 N–H and O–H groups in total. The Labute approximate surface area is 112 Å². The van der Waals surface area contributed by atoms with Gasteiger partial charge in [0, 0.05) is 12.3 Å². The number of benzene rings is 1. The molecule has 0 spiro atoms. The van der Waals surface area contributed by atoms with Crippen LogP contribution in [0.3, 0.4) is 0 Å². The van der Waals surface area contributed by atoms with Crippen molar-refractivity contribution in [2.24, 2.45) is 0 Å². The topological polar surface area (TPSA) is 56.3 Å². The normalized spacial score (nSPS) is 11.9. The van der Waals surface area contributed by atoms with Crippen molar-refractivity contribution in [2.75, 3.05) is 21.3 Å². The van der Waals surface area contributed by atoms with E-state index in [-0.39, 0.29) is 6.04 Å². The monoisotopic (exact) mass is 259 g/mol. The van der Waals surface area contributed by atoms with Crippen LogP contribution in [-0.2, 0) is 0 Å². The van der Waals surface area contributed by atoms with E-state index in [1.807, 2.05) is 31.3 Å². The molecular weight excluding hydrogens is 242 g/mol. The first-order valence-corrected chi connectivity index (χ1v) is 5.95. The third kappa shape index (κ3) is 3.00. The number of nitrogens with zero attached hydrogens (tertiary/aromatic N) is 2. The molecule has 2 aromatic rings. The number of ether oxygens (including phenoxy) is 2. The van der Waals surface area contributed by atoms with Gasteiger partial charge in [0.05, 0.1) is 26.5 Å². The van der Waals surface area contributed by atoms with Gasteiger partial charge in [0.25, 0.3) is 0 Å². The van der Waals surface area contributed by atoms with Crippen molar-refractivity contribution < 1.29 is 9.47 Å². The molecule has 1 unspecified atom stereocenters. The van der Waals surface area contributed by atoms with Gasteiger partial charge in [-0.25, -0.2) is 0 Å². The van der Waals surface area contributed by atoms with E-state index in [2.05, 4.69) is 15.5 Å². The van der Waals surface area contributed by atoms with Gasteiger partial charge in [-0.2, -0.15) is 10.2 Å². The standard InChI is InChI=1S/C14H17N3O2/c1-15-14(10-4-5-16-17-9-10)11-6-12(18-2)8-13(7-11)19-3/h4-9,14-15H,1-3H3. The Balaban J connectivity index is 2.43. The van der Waals surface area contributed by atoms with Crippen LogP contribution in [0.2, 0.25) is 0 Å². The maximum Gasteiger partial charge on any atom is 0.122 e. The fraction of sp³-hybridized carbons (Fsp3) is 0.286. The molecule has 0 saturated heterocycles. The van der Waals surface area contributed by atoms with Crippen LogP contribution in [0.15, 0.2) is 36.7 Å². The van der Waals surface area contributed by atoms with Crippen LogP contribution >= 0.6 is 0 Å². The lowest BCUT2D eigenvalue weighted by Gasteiger charge is -2.18. The van der Waals surface area contributed by atoms with E-state index >= 15 is 0 Å². The fourth-order valence-corrected chi connectivity index (χ4v) is 1.99. The van der Waals surface area contributed by atoms with E-state index in [1.54, 1.807) is 26.6 Å². The summed E-state index contributed by atoms with van der Waals surface area (Å²) in [7, 11) is 5.18. The third-order valence-electron chi connectivity index (χ3n) is 2.94. The van der Waals surface area contributed by atoms with E-state index in [0.717, 1.165) is 22.6 Å². The minimum atomic E-state index is 0.0134. The average molecular weight is 259 g/mol. The van der Waals surface area contributed by atoms with E-state index in [4.69, 9.17) is 9.47 Å². The summed E-state index contributed by atoms with van der Waals surface area (Å²) in [6.07, 6.45) is 3.42. The summed E-state index contributed by atoms with van der Waals surface area (Å²) in [6, 6.07) is 7.74. The fourth-order valence-electron chi connectivity index (χ4n) is 1.99. The maximum atomic E-state index is 5.29. The minimum Gasteiger partial charge on any atom is -0.497 e. The second-order valence-corrected chi connectivity index (χ2v) is 4.04. The molecule has 0 saturated carbocycles. The molecule has 1 aromatic heterocycles. The van der Waals surface area contributed by atoms with Crippen LogP contribution in [-0.4, -0.2) is 31.5 Å². The Bertz CT molecular complexity index is 509. The van der Waals surface area contributed by atoms with Gasteiger partial charge in [0.2, 0.25) is 0 Å². The highest BCUT2D eigenvalue weighted by Crippen LogP contribution is 2.29. The number of methoxy groups -OCH3 is 2. The molecule has 1 aromatic carbocycles. The lowest BCUT2D eigenvalue weighted by molar-refractivity contribution is 0.392. The highest BCUT2D eigenvalue weighted by molar-refractivity contribution is 5.42. The van der Waals surface area contributed by atoms with Crippen molar-refractivity contribution in [1.82, 2.24) is 15.5 Å². The molecule has 0 radical (unpaired) electrons. The number of hydrogen-bond acceptors (Lipinski definition) is 5. The number of nitrogens with one attached hydrogen (secondary N) is 1. The SMILES string of the molecule is CNC(c1ccnnc1)c1cc(OC)cc(OC)c1. The summed E-state index contributed by atoms with van der Waals surface area (Å²) in [5.74, 6) is 1.52. The largest absolute Gasteiger partial charge is 0.497 e. The Morgan fingerprint density at radius 3 is 2.16 bits per heavy atom. The van der Waals surface area contributed by atoms with Gasteiger partial charge in [-0.15, -0.1) is 0 Å². The van der Waals surface area contributed by atoms with Crippen LogP contribution in [0.5, 0.6) is 11.5 Å². The smallest absolute Gasteiger partial charge is 0.122 e. The predicted molar refractivity (Wildman–Crippen MR) is 72.5 cm³/mol. The molecular formula is C14H17N3O2. The molecule has 19 heavy (non-hydrogen) atoms. The molecule has 100 valence electrons. The third-order valence-corrected chi connectivity index (χ3v) is 2.94. The zero-order valence-electron chi connectivity index (χ0n) is 11.3. The number of hydrogen-bond donors (Lipinski definition) is 1. The molecule has 0 aliphatic carbocycles. The predicted octanol–water partition coefficient (Wildman–Crippen LogP) is 1.80. The Morgan fingerprint density at radius 1 is 1.00 bits per heavy atom. The molecule has 5 heteroatoms. The molecule has 1 atom stereocenters. The first-order chi connectivity index (χ1) is 9.28. The summed E-state index contributed by atoms with van der Waals surface area (Å²) in [5.41, 5.74) is 2.08. The van der Waals surface area contributed by atoms with Gasteiger partial charge in [0.15, 0.2) is 0 Å². The molecule has 5 nitrogen and oxygen atoms in total. The van der Waals surface area contributed by atoms with Crippen LogP contribution in [0.1, 0.15) is 17.2 Å². The van der Waals surface area contributed by atoms with Crippen LogP contribution in [0.25, 0.3) is 0 Å².